The van der Waals surface area contributed by atoms with E-state index >= 15 is 0 Å². The Balaban J connectivity index is 1.22. The number of anilines is 1. The Kier molecular flexibility index (Phi) is 5.39. The Morgan fingerprint density at radius 3 is 2.77 bits per heavy atom. The molecule has 5 heterocycles. The monoisotopic (exact) mass is 571 g/mol. The number of nitrogens with one attached hydrogen (secondary N) is 1. The fourth-order valence-corrected chi connectivity index (χ4v) is 7.43. The SMILES string of the molecule is CC(NC(=O)c1c(N)nn2cccnc12)c1cc2cccc(C#CC3(O)C4CCN5CCC453)c2c(=O)n1-c1ccccc1. The van der Waals surface area contributed by atoms with Crippen molar-refractivity contribution in [1.82, 2.24) is 29.4 Å². The van der Waals surface area contributed by atoms with E-state index in [9.17, 15) is 14.7 Å². The van der Waals surface area contributed by atoms with Gasteiger partial charge in [0, 0.05) is 41.8 Å². The lowest BCUT2D eigenvalue weighted by Crippen LogP contribution is -2.53. The fourth-order valence-electron chi connectivity index (χ4n) is 7.43. The second-order valence-corrected chi connectivity index (χ2v) is 11.7. The lowest BCUT2D eigenvalue weighted by Gasteiger charge is -2.40. The molecule has 3 fully saturated rings. The van der Waals surface area contributed by atoms with Crippen LogP contribution in [0.5, 0.6) is 0 Å². The van der Waals surface area contributed by atoms with Crippen LogP contribution in [0.25, 0.3) is 22.1 Å². The number of aliphatic hydroxyl groups is 1. The van der Waals surface area contributed by atoms with E-state index in [1.165, 1.54) is 4.52 Å². The summed E-state index contributed by atoms with van der Waals surface area (Å²) in [5.41, 5.74) is 6.94. The lowest BCUT2D eigenvalue weighted by atomic mass is 9.96. The highest BCUT2D eigenvalue weighted by Crippen LogP contribution is 2.69. The summed E-state index contributed by atoms with van der Waals surface area (Å²) in [4.78, 5) is 34.4. The summed E-state index contributed by atoms with van der Waals surface area (Å²) in [5, 5.41) is 19.8. The molecule has 214 valence electrons. The van der Waals surface area contributed by atoms with Crippen molar-refractivity contribution in [3.05, 3.63) is 100 Å². The van der Waals surface area contributed by atoms with Gasteiger partial charge in [0.1, 0.15) is 11.2 Å². The van der Waals surface area contributed by atoms with E-state index in [0.717, 1.165) is 25.9 Å². The van der Waals surface area contributed by atoms with Crippen molar-refractivity contribution < 1.29 is 9.90 Å². The molecule has 43 heavy (non-hydrogen) atoms. The Bertz CT molecular complexity index is 2090. The molecule has 2 aliphatic heterocycles. The molecule has 10 heteroatoms. The number of rotatable bonds is 4. The minimum Gasteiger partial charge on any atom is -0.381 e. The number of carbonyl (C=O) groups excluding carboxylic acids is 1. The predicted molar refractivity (Wildman–Crippen MR) is 162 cm³/mol. The summed E-state index contributed by atoms with van der Waals surface area (Å²) in [5.74, 6) is 6.18. The molecule has 4 atom stereocenters. The number of hydrogen-bond acceptors (Lipinski definition) is 7. The van der Waals surface area contributed by atoms with Crippen LogP contribution in [0.4, 0.5) is 5.82 Å². The van der Waals surface area contributed by atoms with Crippen molar-refractivity contribution in [3.8, 4) is 17.5 Å². The Hall–Kier alpha value is -4.98. The molecule has 4 unspecified atom stereocenters. The molecule has 3 aromatic heterocycles. The summed E-state index contributed by atoms with van der Waals surface area (Å²) in [6, 6.07) is 17.9. The first kappa shape index (κ1) is 25.7. The number of nitrogens with zero attached hydrogens (tertiary/aromatic N) is 5. The number of hydrogen-bond donors (Lipinski definition) is 3. The Morgan fingerprint density at radius 1 is 1.16 bits per heavy atom. The molecule has 1 amide bonds. The second-order valence-electron chi connectivity index (χ2n) is 11.7. The zero-order valence-electron chi connectivity index (χ0n) is 23.5. The van der Waals surface area contributed by atoms with Crippen molar-refractivity contribution in [2.75, 3.05) is 18.8 Å². The van der Waals surface area contributed by atoms with Gasteiger partial charge in [0.25, 0.3) is 11.5 Å². The summed E-state index contributed by atoms with van der Waals surface area (Å²) < 4.78 is 3.07. The molecule has 2 aromatic carbocycles. The van der Waals surface area contributed by atoms with Gasteiger partial charge in [-0.15, -0.1) is 5.10 Å². The normalized spacial score (nSPS) is 24.5. The van der Waals surface area contributed by atoms with E-state index in [4.69, 9.17) is 5.73 Å². The quantitative estimate of drug-likeness (QED) is 0.283. The molecular formula is C33H29N7O3. The molecule has 0 bridgehead atoms. The van der Waals surface area contributed by atoms with Gasteiger partial charge in [0.2, 0.25) is 0 Å². The number of piperidine rings is 1. The molecule has 1 saturated carbocycles. The van der Waals surface area contributed by atoms with Crippen LogP contribution in [0.2, 0.25) is 0 Å². The summed E-state index contributed by atoms with van der Waals surface area (Å²) in [6.45, 7) is 3.85. The van der Waals surface area contributed by atoms with E-state index in [2.05, 4.69) is 32.1 Å². The van der Waals surface area contributed by atoms with Crippen molar-refractivity contribution >= 4 is 28.1 Å². The van der Waals surface area contributed by atoms with E-state index in [0.29, 0.717) is 33.4 Å². The highest BCUT2D eigenvalue weighted by Gasteiger charge is 2.83. The van der Waals surface area contributed by atoms with Gasteiger partial charge in [-0.3, -0.25) is 19.1 Å². The van der Waals surface area contributed by atoms with Crippen molar-refractivity contribution in [2.24, 2.45) is 5.92 Å². The van der Waals surface area contributed by atoms with Crippen LogP contribution in [0.15, 0.2) is 77.9 Å². The standard InChI is InChI=1S/C33H29N7O3/c1-20(36-30(41)27-28(34)37-39-16-6-15-35-29(27)39)24-19-22-8-5-7-21(26(22)31(42)40(24)23-9-3-2-4-10-23)11-13-33(43)25-12-17-38-18-14-32(25,33)38/h2-10,15-16,19-20,25,43H,12,14,17-18H2,1H3,(H2,34,37)(H,36,41). The number of para-hydroxylation sites is 1. The number of amides is 1. The number of nitrogen functional groups attached to an aromatic ring is 1. The van der Waals surface area contributed by atoms with Crippen LogP contribution in [0.3, 0.4) is 0 Å². The average Bonchev–Trinajstić information content (AvgIpc) is 3.20. The summed E-state index contributed by atoms with van der Waals surface area (Å²) >= 11 is 0. The first-order chi connectivity index (χ1) is 20.8. The molecule has 10 nitrogen and oxygen atoms in total. The third-order valence-corrected chi connectivity index (χ3v) is 9.59. The summed E-state index contributed by atoms with van der Waals surface area (Å²) in [6.07, 6.45) is 5.16. The van der Waals surface area contributed by atoms with Gasteiger partial charge in [-0.05, 0) is 62.0 Å². The number of benzene rings is 2. The second kappa shape index (κ2) is 9.01. The van der Waals surface area contributed by atoms with Crippen LogP contribution in [0, 0.1) is 17.8 Å². The predicted octanol–water partition coefficient (Wildman–Crippen LogP) is 2.67. The third-order valence-electron chi connectivity index (χ3n) is 9.59. The smallest absolute Gasteiger partial charge is 0.264 e. The number of nitrogens with two attached hydrogens (primary N) is 1. The van der Waals surface area contributed by atoms with Gasteiger partial charge >= 0.3 is 0 Å². The topological polar surface area (TPSA) is 131 Å². The molecule has 4 N–H and O–H groups in total. The number of fused-ring (bicyclic) bond motifs is 2. The maximum Gasteiger partial charge on any atom is 0.264 e. The maximum absolute atomic E-state index is 14.3. The van der Waals surface area contributed by atoms with Gasteiger partial charge < -0.3 is 16.2 Å². The molecule has 5 aromatic rings. The zero-order valence-corrected chi connectivity index (χ0v) is 23.5. The summed E-state index contributed by atoms with van der Waals surface area (Å²) in [7, 11) is 0. The molecule has 8 rings (SSSR count). The molecule has 3 aliphatic rings. The maximum atomic E-state index is 14.3. The first-order valence-corrected chi connectivity index (χ1v) is 14.5. The average molecular weight is 572 g/mol. The van der Waals surface area contributed by atoms with Gasteiger partial charge in [-0.2, -0.15) is 0 Å². The largest absolute Gasteiger partial charge is 0.381 e. The first-order valence-electron chi connectivity index (χ1n) is 14.5. The van der Waals surface area contributed by atoms with Crippen LogP contribution >= 0.6 is 0 Å². The number of pyridine rings is 1. The minimum absolute atomic E-state index is 0.0663. The van der Waals surface area contributed by atoms with Gasteiger partial charge in [0.15, 0.2) is 11.5 Å². The van der Waals surface area contributed by atoms with Crippen LogP contribution in [-0.2, 0) is 0 Å². The Morgan fingerprint density at radius 2 is 2.00 bits per heavy atom. The van der Waals surface area contributed by atoms with Crippen LogP contribution < -0.4 is 16.6 Å². The number of aromatic nitrogens is 4. The lowest BCUT2D eigenvalue weighted by molar-refractivity contribution is 0.0164. The van der Waals surface area contributed by atoms with Crippen LogP contribution in [-0.4, -0.2) is 59.3 Å². The third kappa shape index (κ3) is 3.49. The molecule has 0 radical (unpaired) electrons. The number of carbonyl (C=O) groups is 1. The van der Waals surface area contributed by atoms with Crippen molar-refractivity contribution in [2.45, 2.75) is 36.9 Å². The van der Waals surface area contributed by atoms with Gasteiger partial charge in [-0.25, -0.2) is 9.50 Å². The van der Waals surface area contributed by atoms with E-state index in [1.807, 2.05) is 61.5 Å². The fraction of sp³-hybridized carbons (Fsp3) is 0.273. The highest BCUT2D eigenvalue weighted by atomic mass is 16.3. The van der Waals surface area contributed by atoms with E-state index in [1.54, 1.807) is 23.0 Å². The van der Waals surface area contributed by atoms with Gasteiger partial charge in [0.05, 0.1) is 17.0 Å². The zero-order chi connectivity index (χ0) is 29.5. The minimum atomic E-state index is -1.03. The molecular weight excluding hydrogens is 542 g/mol. The van der Waals surface area contributed by atoms with E-state index < -0.39 is 17.6 Å². The van der Waals surface area contributed by atoms with Crippen molar-refractivity contribution in [1.29, 1.82) is 0 Å². The molecule has 1 spiro atoms. The van der Waals surface area contributed by atoms with E-state index in [-0.39, 0.29) is 28.4 Å². The molecule has 2 saturated heterocycles. The van der Waals surface area contributed by atoms with Crippen molar-refractivity contribution in [3.63, 3.8) is 0 Å². The molecule has 1 aliphatic carbocycles. The van der Waals surface area contributed by atoms with Crippen LogP contribution in [0.1, 0.15) is 47.4 Å². The Labute approximate surface area is 246 Å². The highest BCUT2D eigenvalue weighted by molar-refractivity contribution is 6.04. The van der Waals surface area contributed by atoms with Gasteiger partial charge in [-0.1, -0.05) is 42.2 Å².